The first-order valence-electron chi connectivity index (χ1n) is 7.73. The minimum Gasteiger partial charge on any atom is -0.349 e. The Kier molecular flexibility index (Phi) is 2.45. The van der Waals surface area contributed by atoms with Crippen LogP contribution in [0, 0.1) is 17.8 Å². The maximum absolute atomic E-state index is 12.3. The first-order valence-corrected chi connectivity index (χ1v) is 7.73. The van der Waals surface area contributed by atoms with Crippen molar-refractivity contribution in [2.45, 2.75) is 62.9 Å². The van der Waals surface area contributed by atoms with Gasteiger partial charge in [0.25, 0.3) is 0 Å². The first-order chi connectivity index (χ1) is 9.12. The van der Waals surface area contributed by atoms with Crippen LogP contribution in [0.25, 0.3) is 0 Å². The van der Waals surface area contributed by atoms with Crippen molar-refractivity contribution in [1.29, 1.82) is 0 Å². The smallest absolute Gasteiger partial charge is 0.243 e. The van der Waals surface area contributed by atoms with Crippen LogP contribution >= 0.6 is 0 Å². The van der Waals surface area contributed by atoms with Gasteiger partial charge in [0.1, 0.15) is 6.04 Å². The van der Waals surface area contributed by atoms with E-state index in [1.165, 1.54) is 38.5 Å². The molecule has 19 heavy (non-hydrogen) atoms. The van der Waals surface area contributed by atoms with Gasteiger partial charge in [-0.15, -0.1) is 0 Å². The van der Waals surface area contributed by atoms with Crippen LogP contribution in [0.15, 0.2) is 0 Å². The molecule has 0 aromatic heterocycles. The van der Waals surface area contributed by atoms with Crippen LogP contribution < -0.4 is 10.6 Å². The third-order valence-corrected chi connectivity index (χ3v) is 5.74. The van der Waals surface area contributed by atoms with E-state index in [0.29, 0.717) is 12.8 Å². The molecule has 4 bridgehead atoms. The van der Waals surface area contributed by atoms with Crippen molar-refractivity contribution in [3.8, 4) is 0 Å². The van der Waals surface area contributed by atoms with E-state index in [9.17, 15) is 9.59 Å². The standard InChI is InChI=1S/C15H22N2O2/c18-13-2-1-12(16-13)14(19)17-15-6-9-3-10(7-15)5-11(4-9)8-15/h9-12H,1-8H2,(H,16,18)(H,17,19). The van der Waals surface area contributed by atoms with Gasteiger partial charge < -0.3 is 10.6 Å². The molecule has 0 spiro atoms. The van der Waals surface area contributed by atoms with Crippen molar-refractivity contribution >= 4 is 11.8 Å². The lowest BCUT2D eigenvalue weighted by Gasteiger charge is -2.57. The largest absolute Gasteiger partial charge is 0.349 e. The van der Waals surface area contributed by atoms with E-state index in [4.69, 9.17) is 0 Å². The van der Waals surface area contributed by atoms with Crippen molar-refractivity contribution in [2.75, 3.05) is 0 Å². The zero-order chi connectivity index (χ0) is 13.0. The Labute approximate surface area is 113 Å². The quantitative estimate of drug-likeness (QED) is 0.789. The summed E-state index contributed by atoms with van der Waals surface area (Å²) in [5, 5.41) is 6.12. The summed E-state index contributed by atoms with van der Waals surface area (Å²) in [5.74, 6) is 2.60. The minimum absolute atomic E-state index is 0.0191. The van der Waals surface area contributed by atoms with E-state index >= 15 is 0 Å². The molecule has 1 aliphatic heterocycles. The fourth-order valence-electron chi connectivity index (χ4n) is 5.42. The van der Waals surface area contributed by atoms with Gasteiger partial charge in [0, 0.05) is 12.0 Å². The van der Waals surface area contributed by atoms with Gasteiger partial charge in [-0.1, -0.05) is 0 Å². The molecule has 0 aromatic carbocycles. The highest BCUT2D eigenvalue weighted by Gasteiger charge is 2.52. The molecule has 4 saturated carbocycles. The molecule has 104 valence electrons. The maximum Gasteiger partial charge on any atom is 0.243 e. The van der Waals surface area contributed by atoms with E-state index in [0.717, 1.165) is 17.8 Å². The lowest BCUT2D eigenvalue weighted by atomic mass is 9.53. The van der Waals surface area contributed by atoms with Crippen molar-refractivity contribution < 1.29 is 9.59 Å². The molecule has 1 saturated heterocycles. The summed E-state index contributed by atoms with van der Waals surface area (Å²) >= 11 is 0. The number of amides is 2. The summed E-state index contributed by atoms with van der Waals surface area (Å²) in [4.78, 5) is 23.6. The number of nitrogens with one attached hydrogen (secondary N) is 2. The van der Waals surface area contributed by atoms with Gasteiger partial charge in [0.2, 0.25) is 11.8 Å². The monoisotopic (exact) mass is 262 g/mol. The Morgan fingerprint density at radius 2 is 1.68 bits per heavy atom. The topological polar surface area (TPSA) is 58.2 Å². The number of carbonyl (C=O) groups excluding carboxylic acids is 2. The first kappa shape index (κ1) is 11.7. The summed E-state index contributed by atoms with van der Waals surface area (Å²) in [7, 11) is 0. The van der Waals surface area contributed by atoms with Gasteiger partial charge in [-0.25, -0.2) is 0 Å². The molecular formula is C15H22N2O2. The van der Waals surface area contributed by atoms with E-state index < -0.39 is 0 Å². The molecule has 1 heterocycles. The van der Waals surface area contributed by atoms with Gasteiger partial charge in [-0.05, 0) is 62.7 Å². The summed E-state index contributed by atoms with van der Waals surface area (Å²) in [6.45, 7) is 0. The summed E-state index contributed by atoms with van der Waals surface area (Å²) in [6, 6.07) is -0.277. The van der Waals surface area contributed by atoms with Crippen LogP contribution in [0.5, 0.6) is 0 Å². The number of hydrogen-bond donors (Lipinski definition) is 2. The van der Waals surface area contributed by atoms with E-state index in [1.807, 2.05) is 0 Å². The van der Waals surface area contributed by atoms with E-state index in [1.54, 1.807) is 0 Å². The van der Waals surface area contributed by atoms with Crippen LogP contribution in [0.1, 0.15) is 51.4 Å². The van der Waals surface area contributed by atoms with Crippen LogP contribution in [0.4, 0.5) is 0 Å². The minimum atomic E-state index is -0.277. The van der Waals surface area contributed by atoms with Crippen LogP contribution in [0.2, 0.25) is 0 Å². The Morgan fingerprint density at radius 1 is 1.11 bits per heavy atom. The van der Waals surface area contributed by atoms with Crippen LogP contribution in [-0.2, 0) is 9.59 Å². The number of hydrogen-bond acceptors (Lipinski definition) is 2. The van der Waals surface area contributed by atoms with Crippen LogP contribution in [-0.4, -0.2) is 23.4 Å². The van der Waals surface area contributed by atoms with Gasteiger partial charge in [0.15, 0.2) is 0 Å². The fourth-order valence-corrected chi connectivity index (χ4v) is 5.42. The van der Waals surface area contributed by atoms with Crippen molar-refractivity contribution in [3.05, 3.63) is 0 Å². The number of carbonyl (C=O) groups is 2. The highest BCUT2D eigenvalue weighted by Crippen LogP contribution is 2.55. The molecule has 1 unspecified atom stereocenters. The van der Waals surface area contributed by atoms with Crippen molar-refractivity contribution in [1.82, 2.24) is 10.6 Å². The molecule has 0 aromatic rings. The summed E-state index contributed by atoms with van der Waals surface area (Å²) in [5.41, 5.74) is 0.0686. The second kappa shape index (κ2) is 3.97. The molecule has 5 rings (SSSR count). The zero-order valence-corrected chi connectivity index (χ0v) is 11.3. The highest BCUT2D eigenvalue weighted by molar-refractivity contribution is 5.91. The Hall–Kier alpha value is -1.06. The SMILES string of the molecule is O=C1CCC(C(=O)NC23CC4CC(CC(C4)C2)C3)N1. The predicted octanol–water partition coefficient (Wildman–Crippen LogP) is 1.35. The molecule has 4 aliphatic carbocycles. The molecule has 2 amide bonds. The second-order valence-corrected chi connectivity index (χ2v) is 7.35. The van der Waals surface area contributed by atoms with Crippen LogP contribution in [0.3, 0.4) is 0 Å². The average Bonchev–Trinajstić information content (AvgIpc) is 2.73. The van der Waals surface area contributed by atoms with E-state index in [-0.39, 0.29) is 23.4 Å². The van der Waals surface area contributed by atoms with Crippen molar-refractivity contribution in [2.24, 2.45) is 17.8 Å². The average molecular weight is 262 g/mol. The predicted molar refractivity (Wildman–Crippen MR) is 70.2 cm³/mol. The Morgan fingerprint density at radius 3 is 2.16 bits per heavy atom. The van der Waals surface area contributed by atoms with Gasteiger partial charge in [-0.2, -0.15) is 0 Å². The third-order valence-electron chi connectivity index (χ3n) is 5.74. The Balaban J connectivity index is 1.47. The highest BCUT2D eigenvalue weighted by atomic mass is 16.2. The van der Waals surface area contributed by atoms with Gasteiger partial charge in [0.05, 0.1) is 0 Å². The Bertz CT molecular complexity index is 397. The molecule has 0 radical (unpaired) electrons. The third kappa shape index (κ3) is 1.96. The van der Waals surface area contributed by atoms with E-state index in [2.05, 4.69) is 10.6 Å². The normalized spacial score (nSPS) is 47.3. The van der Waals surface area contributed by atoms with Gasteiger partial charge >= 0.3 is 0 Å². The maximum atomic E-state index is 12.3. The molecule has 5 fully saturated rings. The summed E-state index contributed by atoms with van der Waals surface area (Å²) < 4.78 is 0. The molecule has 4 nitrogen and oxygen atoms in total. The summed E-state index contributed by atoms with van der Waals surface area (Å²) in [6.07, 6.45) is 8.83. The lowest BCUT2D eigenvalue weighted by Crippen LogP contribution is -2.62. The molecule has 2 N–H and O–H groups in total. The number of rotatable bonds is 2. The van der Waals surface area contributed by atoms with Crippen molar-refractivity contribution in [3.63, 3.8) is 0 Å². The molecule has 1 atom stereocenters. The fraction of sp³-hybridized carbons (Fsp3) is 0.867. The molecule has 5 aliphatic rings. The lowest BCUT2D eigenvalue weighted by molar-refractivity contribution is -0.130. The van der Waals surface area contributed by atoms with Gasteiger partial charge in [-0.3, -0.25) is 9.59 Å². The zero-order valence-electron chi connectivity index (χ0n) is 11.3. The molecular weight excluding hydrogens is 240 g/mol. The second-order valence-electron chi connectivity index (χ2n) is 7.35. The molecule has 4 heteroatoms.